The minimum Gasteiger partial charge on any atom is -0.384 e. The number of imide groups is 1. The second-order valence-corrected chi connectivity index (χ2v) is 4.98. The van der Waals surface area contributed by atoms with Gasteiger partial charge in [-0.1, -0.05) is 12.1 Å². The maximum absolute atomic E-state index is 12.3. The molecule has 112 valence electrons. The predicted molar refractivity (Wildman–Crippen MR) is 81.0 cm³/mol. The number of anilines is 1. The standard InChI is InChI=1S/C15H14N4O3/c1-17-7-8-3-2-4-9(5-8)19-11(20)6-10-12(13(19)16)15(22)18-14(10)21/h2-6,17H,7,16H2,1H3,(H,18,21,22). The number of aromatic nitrogens is 1. The van der Waals surface area contributed by atoms with Crippen LogP contribution in [0.3, 0.4) is 0 Å². The van der Waals surface area contributed by atoms with Gasteiger partial charge in [-0.15, -0.1) is 0 Å². The van der Waals surface area contributed by atoms with Crippen molar-refractivity contribution in [2.75, 3.05) is 12.8 Å². The van der Waals surface area contributed by atoms with Crippen LogP contribution in [-0.4, -0.2) is 23.4 Å². The molecule has 4 N–H and O–H groups in total. The van der Waals surface area contributed by atoms with Crippen molar-refractivity contribution in [2.24, 2.45) is 0 Å². The smallest absolute Gasteiger partial charge is 0.262 e. The van der Waals surface area contributed by atoms with Crippen LogP contribution in [0.25, 0.3) is 5.69 Å². The van der Waals surface area contributed by atoms with Crippen molar-refractivity contribution in [3.8, 4) is 5.69 Å². The maximum Gasteiger partial charge on any atom is 0.262 e. The van der Waals surface area contributed by atoms with E-state index in [-0.39, 0.29) is 16.9 Å². The molecule has 0 saturated heterocycles. The fraction of sp³-hybridized carbons (Fsp3) is 0.133. The molecule has 7 heteroatoms. The Morgan fingerprint density at radius 3 is 2.68 bits per heavy atom. The van der Waals surface area contributed by atoms with E-state index >= 15 is 0 Å². The lowest BCUT2D eigenvalue weighted by molar-refractivity contribution is 0.0880. The molecule has 1 aromatic heterocycles. The Kier molecular flexibility index (Phi) is 3.26. The Bertz CT molecular complexity index is 854. The average molecular weight is 298 g/mol. The first-order valence-corrected chi connectivity index (χ1v) is 6.68. The molecule has 2 heterocycles. The number of carbonyl (C=O) groups excluding carboxylic acids is 2. The zero-order valence-electron chi connectivity index (χ0n) is 11.8. The molecule has 2 aromatic rings. The van der Waals surface area contributed by atoms with Gasteiger partial charge < -0.3 is 11.1 Å². The van der Waals surface area contributed by atoms with Crippen molar-refractivity contribution in [1.82, 2.24) is 15.2 Å². The number of rotatable bonds is 3. The van der Waals surface area contributed by atoms with Crippen molar-refractivity contribution < 1.29 is 9.59 Å². The quantitative estimate of drug-likeness (QED) is 0.693. The third kappa shape index (κ3) is 2.08. The SMILES string of the molecule is CNCc1cccc(-n2c(N)c3c(cc2=O)C(=O)NC3=O)c1. The Balaban J connectivity index is 2.23. The zero-order valence-corrected chi connectivity index (χ0v) is 11.8. The van der Waals surface area contributed by atoms with Crippen molar-refractivity contribution in [1.29, 1.82) is 0 Å². The summed E-state index contributed by atoms with van der Waals surface area (Å²) < 4.78 is 1.23. The molecule has 0 fully saturated rings. The molecule has 1 aromatic carbocycles. The van der Waals surface area contributed by atoms with Gasteiger partial charge in [0.2, 0.25) is 0 Å². The number of nitrogens with two attached hydrogens (primary N) is 1. The number of pyridine rings is 1. The summed E-state index contributed by atoms with van der Waals surface area (Å²) in [6.45, 7) is 0.631. The number of nitrogens with one attached hydrogen (secondary N) is 2. The van der Waals surface area contributed by atoms with Crippen LogP contribution in [0.15, 0.2) is 35.1 Å². The van der Waals surface area contributed by atoms with Gasteiger partial charge in [0.15, 0.2) is 0 Å². The van der Waals surface area contributed by atoms with Crippen LogP contribution >= 0.6 is 0 Å². The highest BCUT2D eigenvalue weighted by atomic mass is 16.2. The summed E-state index contributed by atoms with van der Waals surface area (Å²) in [4.78, 5) is 35.7. The van der Waals surface area contributed by atoms with Crippen LogP contribution in [0.1, 0.15) is 26.3 Å². The molecule has 1 aliphatic heterocycles. The van der Waals surface area contributed by atoms with Gasteiger partial charge in [0.1, 0.15) is 5.82 Å². The van der Waals surface area contributed by atoms with Crippen molar-refractivity contribution in [2.45, 2.75) is 6.54 Å². The summed E-state index contributed by atoms with van der Waals surface area (Å²) in [5.74, 6) is -1.22. The Morgan fingerprint density at radius 2 is 1.95 bits per heavy atom. The van der Waals surface area contributed by atoms with Gasteiger partial charge in [0.25, 0.3) is 17.4 Å². The molecule has 22 heavy (non-hydrogen) atoms. The van der Waals surface area contributed by atoms with Crippen LogP contribution in [0, 0.1) is 0 Å². The number of carbonyl (C=O) groups is 2. The summed E-state index contributed by atoms with van der Waals surface area (Å²) in [7, 11) is 1.82. The molecule has 0 saturated carbocycles. The molecule has 1 aliphatic rings. The first-order chi connectivity index (χ1) is 10.5. The van der Waals surface area contributed by atoms with Crippen LogP contribution in [0.2, 0.25) is 0 Å². The molecule has 0 spiro atoms. The van der Waals surface area contributed by atoms with E-state index in [0.717, 1.165) is 11.6 Å². The van der Waals surface area contributed by atoms with Crippen LogP contribution < -0.4 is 21.9 Å². The first-order valence-electron chi connectivity index (χ1n) is 6.68. The van der Waals surface area contributed by atoms with Crippen LogP contribution in [-0.2, 0) is 6.54 Å². The summed E-state index contributed by atoms with van der Waals surface area (Å²) >= 11 is 0. The van der Waals surface area contributed by atoms with Gasteiger partial charge in [-0.2, -0.15) is 0 Å². The topological polar surface area (TPSA) is 106 Å². The second-order valence-electron chi connectivity index (χ2n) is 4.98. The average Bonchev–Trinajstić information content (AvgIpc) is 2.74. The van der Waals surface area contributed by atoms with E-state index < -0.39 is 17.4 Å². The lowest BCUT2D eigenvalue weighted by atomic mass is 10.1. The lowest BCUT2D eigenvalue weighted by Crippen LogP contribution is -2.24. The highest BCUT2D eigenvalue weighted by molar-refractivity contribution is 6.23. The summed E-state index contributed by atoms with van der Waals surface area (Å²) in [5, 5.41) is 5.16. The fourth-order valence-electron chi connectivity index (χ4n) is 2.56. The largest absolute Gasteiger partial charge is 0.384 e. The fourth-order valence-corrected chi connectivity index (χ4v) is 2.56. The highest BCUT2D eigenvalue weighted by Crippen LogP contribution is 2.23. The van der Waals surface area contributed by atoms with Gasteiger partial charge in [-0.3, -0.25) is 24.3 Å². The number of nitrogens with zero attached hydrogens (tertiary/aromatic N) is 1. The van der Waals surface area contributed by atoms with E-state index in [0.29, 0.717) is 12.2 Å². The molecule has 7 nitrogen and oxygen atoms in total. The first kappa shape index (κ1) is 14.0. The number of benzene rings is 1. The molecule has 0 unspecified atom stereocenters. The maximum atomic E-state index is 12.3. The predicted octanol–water partition coefficient (Wildman–Crippen LogP) is 0.0227. The normalized spacial score (nSPS) is 13.1. The van der Waals surface area contributed by atoms with E-state index in [4.69, 9.17) is 5.73 Å². The lowest BCUT2D eigenvalue weighted by Gasteiger charge is -2.13. The Labute approximate surface area is 125 Å². The number of hydrogen-bond donors (Lipinski definition) is 3. The highest BCUT2D eigenvalue weighted by Gasteiger charge is 2.31. The number of fused-ring (bicyclic) bond motifs is 1. The molecule has 0 atom stereocenters. The van der Waals surface area contributed by atoms with Gasteiger partial charge in [-0.05, 0) is 24.7 Å². The van der Waals surface area contributed by atoms with Gasteiger partial charge in [0.05, 0.1) is 16.8 Å². The van der Waals surface area contributed by atoms with Gasteiger partial charge >= 0.3 is 0 Å². The molecule has 2 amide bonds. The van der Waals surface area contributed by atoms with E-state index in [2.05, 4.69) is 10.6 Å². The number of nitrogen functional groups attached to an aromatic ring is 1. The minimum atomic E-state index is -0.597. The minimum absolute atomic E-state index is 0.0233. The van der Waals surface area contributed by atoms with Crippen LogP contribution in [0.5, 0.6) is 0 Å². The monoisotopic (exact) mass is 298 g/mol. The number of amides is 2. The Morgan fingerprint density at radius 1 is 1.18 bits per heavy atom. The summed E-state index contributed by atoms with van der Waals surface area (Å²) in [5.41, 5.74) is 7.10. The molecule has 0 radical (unpaired) electrons. The summed E-state index contributed by atoms with van der Waals surface area (Å²) in [6, 6.07) is 8.36. The van der Waals surface area contributed by atoms with Gasteiger partial charge in [0, 0.05) is 12.6 Å². The zero-order chi connectivity index (χ0) is 15.9. The van der Waals surface area contributed by atoms with Crippen molar-refractivity contribution in [3.05, 3.63) is 57.4 Å². The number of hydrogen-bond acceptors (Lipinski definition) is 5. The molecular weight excluding hydrogens is 284 g/mol. The molecule has 0 aliphatic carbocycles. The molecule has 0 bridgehead atoms. The van der Waals surface area contributed by atoms with E-state index in [9.17, 15) is 14.4 Å². The third-order valence-electron chi connectivity index (χ3n) is 3.50. The molecular formula is C15H14N4O3. The third-order valence-corrected chi connectivity index (χ3v) is 3.50. The van der Waals surface area contributed by atoms with Crippen molar-refractivity contribution in [3.63, 3.8) is 0 Å². The van der Waals surface area contributed by atoms with E-state index in [1.807, 2.05) is 13.1 Å². The second kappa shape index (κ2) is 5.12. The van der Waals surface area contributed by atoms with Crippen LogP contribution in [0.4, 0.5) is 5.82 Å². The van der Waals surface area contributed by atoms with Crippen molar-refractivity contribution >= 4 is 17.6 Å². The Hall–Kier alpha value is -2.93. The van der Waals surface area contributed by atoms with E-state index in [1.165, 1.54) is 4.57 Å². The van der Waals surface area contributed by atoms with E-state index in [1.54, 1.807) is 18.2 Å². The summed E-state index contributed by atoms with van der Waals surface area (Å²) in [6.07, 6.45) is 0. The van der Waals surface area contributed by atoms with Gasteiger partial charge in [-0.25, -0.2) is 0 Å². The molecule has 3 rings (SSSR count).